The van der Waals surface area contributed by atoms with E-state index in [4.69, 9.17) is 28.8 Å². The second kappa shape index (κ2) is 6.19. The number of aliphatic imine (C=N–C) groups is 1. The number of nitrogen functional groups attached to an aromatic ring is 1. The Morgan fingerprint density at radius 3 is 2.37 bits per heavy atom. The molecule has 0 bridgehead atoms. The highest BCUT2D eigenvalue weighted by molar-refractivity contribution is 6.32. The van der Waals surface area contributed by atoms with Crippen LogP contribution in [0.25, 0.3) is 0 Å². The van der Waals surface area contributed by atoms with Gasteiger partial charge >= 0.3 is 5.91 Å². The fourth-order valence-corrected chi connectivity index (χ4v) is 1.72. The molecular weight excluding hydrogens is 270 g/mol. The summed E-state index contributed by atoms with van der Waals surface area (Å²) in [5, 5.41) is 0.0760. The van der Waals surface area contributed by atoms with Crippen molar-refractivity contribution in [2.24, 2.45) is 16.5 Å². The molecule has 0 unspecified atom stereocenters. The minimum absolute atomic E-state index is 0.0682. The van der Waals surface area contributed by atoms with Crippen LogP contribution in [0.4, 0.5) is 11.6 Å². The van der Waals surface area contributed by atoms with E-state index in [2.05, 4.69) is 15.0 Å². The molecule has 8 nitrogen and oxygen atoms in total. The lowest BCUT2D eigenvalue weighted by atomic mass is 10.3. The first-order valence-corrected chi connectivity index (χ1v) is 6.00. The number of carbonyl (C=O) groups is 1. The number of carbonyl (C=O) groups excluding carboxylic acids is 1. The summed E-state index contributed by atoms with van der Waals surface area (Å²) in [6.45, 7) is 5.25. The molecule has 104 valence electrons. The molecular formula is C10H16ClN7O. The number of hydrogen-bond acceptors (Lipinski definition) is 5. The Balaban J connectivity index is 3.24. The fourth-order valence-electron chi connectivity index (χ4n) is 1.47. The molecule has 1 amide bonds. The number of nitrogens with zero attached hydrogens (tertiary/aromatic N) is 4. The highest BCUT2D eigenvalue weighted by Gasteiger charge is 2.19. The third-order valence-electron chi connectivity index (χ3n) is 2.36. The number of aromatic nitrogens is 2. The number of rotatable bonds is 4. The van der Waals surface area contributed by atoms with E-state index in [-0.39, 0.29) is 22.6 Å². The topological polar surface area (TPSA) is 137 Å². The summed E-state index contributed by atoms with van der Waals surface area (Å²) >= 11 is 6.00. The van der Waals surface area contributed by atoms with Gasteiger partial charge in [0.25, 0.3) is 0 Å². The average molecular weight is 286 g/mol. The van der Waals surface area contributed by atoms with Crippen LogP contribution in [0, 0.1) is 0 Å². The van der Waals surface area contributed by atoms with Gasteiger partial charge < -0.3 is 22.1 Å². The van der Waals surface area contributed by atoms with Crippen LogP contribution < -0.4 is 22.1 Å². The number of hydrogen-bond donors (Lipinski definition) is 3. The first-order chi connectivity index (χ1) is 8.90. The zero-order valence-electron chi connectivity index (χ0n) is 10.7. The van der Waals surface area contributed by atoms with Gasteiger partial charge in [0.15, 0.2) is 28.4 Å². The SMILES string of the molecule is CCN(CC)c1nc(N)c(C(=O)N=C(N)N)nc1Cl. The van der Waals surface area contributed by atoms with Crippen molar-refractivity contribution < 1.29 is 4.79 Å². The van der Waals surface area contributed by atoms with Gasteiger partial charge in [0.1, 0.15) is 0 Å². The molecule has 0 fully saturated rings. The molecule has 0 saturated heterocycles. The van der Waals surface area contributed by atoms with E-state index in [1.54, 1.807) is 0 Å². The van der Waals surface area contributed by atoms with E-state index >= 15 is 0 Å². The largest absolute Gasteiger partial charge is 0.382 e. The lowest BCUT2D eigenvalue weighted by Gasteiger charge is -2.20. The summed E-state index contributed by atoms with van der Waals surface area (Å²) in [6.07, 6.45) is 0. The minimum atomic E-state index is -0.780. The fraction of sp³-hybridized carbons (Fsp3) is 0.400. The second-order valence-electron chi connectivity index (χ2n) is 3.59. The summed E-state index contributed by atoms with van der Waals surface area (Å²) in [5.41, 5.74) is 15.7. The van der Waals surface area contributed by atoms with E-state index in [1.165, 1.54) is 0 Å². The van der Waals surface area contributed by atoms with Gasteiger partial charge in [-0.1, -0.05) is 11.6 Å². The molecule has 1 aromatic heterocycles. The Hall–Kier alpha value is -2.09. The summed E-state index contributed by atoms with van der Waals surface area (Å²) in [7, 11) is 0. The number of nitrogens with two attached hydrogens (primary N) is 3. The maximum atomic E-state index is 11.6. The van der Waals surface area contributed by atoms with Crippen molar-refractivity contribution in [1.29, 1.82) is 0 Å². The van der Waals surface area contributed by atoms with Crippen molar-refractivity contribution in [1.82, 2.24) is 9.97 Å². The molecule has 0 saturated carbocycles. The van der Waals surface area contributed by atoms with E-state index < -0.39 is 5.91 Å². The average Bonchev–Trinajstić information content (AvgIpc) is 2.33. The number of amides is 1. The van der Waals surface area contributed by atoms with E-state index in [0.29, 0.717) is 18.9 Å². The Kier molecular flexibility index (Phi) is 4.87. The van der Waals surface area contributed by atoms with Crippen LogP contribution in [0.3, 0.4) is 0 Å². The summed E-state index contributed by atoms with van der Waals surface area (Å²) in [6, 6.07) is 0. The van der Waals surface area contributed by atoms with E-state index in [9.17, 15) is 4.79 Å². The lowest BCUT2D eigenvalue weighted by Crippen LogP contribution is -2.26. The van der Waals surface area contributed by atoms with Crippen LogP contribution in [-0.2, 0) is 0 Å². The number of halogens is 1. The Morgan fingerprint density at radius 2 is 1.89 bits per heavy atom. The van der Waals surface area contributed by atoms with Crippen LogP contribution in [0.5, 0.6) is 0 Å². The third-order valence-corrected chi connectivity index (χ3v) is 2.61. The second-order valence-corrected chi connectivity index (χ2v) is 3.94. The van der Waals surface area contributed by atoms with Crippen molar-refractivity contribution in [3.05, 3.63) is 10.8 Å². The molecule has 0 aliphatic carbocycles. The van der Waals surface area contributed by atoms with Crippen molar-refractivity contribution in [2.75, 3.05) is 23.7 Å². The normalized spacial score (nSPS) is 10.1. The zero-order chi connectivity index (χ0) is 14.6. The smallest absolute Gasteiger partial charge is 0.302 e. The summed E-state index contributed by atoms with van der Waals surface area (Å²) < 4.78 is 0. The lowest BCUT2D eigenvalue weighted by molar-refractivity contribution is 0.0998. The van der Waals surface area contributed by atoms with Crippen LogP contribution in [0.2, 0.25) is 5.15 Å². The highest BCUT2D eigenvalue weighted by atomic mass is 35.5. The maximum absolute atomic E-state index is 11.6. The van der Waals surface area contributed by atoms with Gasteiger partial charge in [0.05, 0.1) is 0 Å². The zero-order valence-corrected chi connectivity index (χ0v) is 11.5. The summed E-state index contributed by atoms with van der Waals surface area (Å²) in [5.74, 6) is -0.806. The molecule has 19 heavy (non-hydrogen) atoms. The molecule has 1 aromatic rings. The van der Waals surface area contributed by atoms with Crippen LogP contribution in [0.1, 0.15) is 24.3 Å². The van der Waals surface area contributed by atoms with Gasteiger partial charge in [-0.2, -0.15) is 4.99 Å². The third kappa shape index (κ3) is 3.44. The first-order valence-electron chi connectivity index (χ1n) is 5.62. The monoisotopic (exact) mass is 285 g/mol. The van der Waals surface area contributed by atoms with E-state index in [1.807, 2.05) is 18.7 Å². The minimum Gasteiger partial charge on any atom is -0.382 e. The Labute approximate surface area is 115 Å². The van der Waals surface area contributed by atoms with Crippen molar-refractivity contribution >= 4 is 35.1 Å². The molecule has 0 atom stereocenters. The van der Waals surface area contributed by atoms with Gasteiger partial charge in [-0.05, 0) is 13.8 Å². The van der Waals surface area contributed by atoms with Crippen LogP contribution >= 0.6 is 11.6 Å². The van der Waals surface area contributed by atoms with Crippen molar-refractivity contribution in [3.63, 3.8) is 0 Å². The van der Waals surface area contributed by atoms with Crippen molar-refractivity contribution in [2.45, 2.75) is 13.8 Å². The highest BCUT2D eigenvalue weighted by Crippen LogP contribution is 2.24. The molecule has 6 N–H and O–H groups in total. The quantitative estimate of drug-likeness (QED) is 0.522. The molecule has 0 spiro atoms. The van der Waals surface area contributed by atoms with Crippen molar-refractivity contribution in [3.8, 4) is 0 Å². The number of anilines is 2. The standard InChI is InChI=1S/C10H16ClN7O/c1-3-18(4-2)8-6(11)15-5(7(12)16-8)9(19)17-10(13)14/h3-4H2,1-2H3,(H2,12,16)(H4,13,14,17,19). The first kappa shape index (κ1) is 15.0. The maximum Gasteiger partial charge on any atom is 0.302 e. The van der Waals surface area contributed by atoms with Gasteiger partial charge in [0, 0.05) is 13.1 Å². The van der Waals surface area contributed by atoms with Gasteiger partial charge in [-0.15, -0.1) is 0 Å². The van der Waals surface area contributed by atoms with E-state index in [0.717, 1.165) is 0 Å². The predicted molar refractivity (Wildman–Crippen MR) is 75.2 cm³/mol. The molecule has 1 rings (SSSR count). The summed E-state index contributed by atoms with van der Waals surface area (Å²) in [4.78, 5) is 24.8. The molecule has 9 heteroatoms. The Bertz CT molecular complexity index is 509. The van der Waals surface area contributed by atoms with Crippen LogP contribution in [0.15, 0.2) is 4.99 Å². The number of guanidine groups is 1. The Morgan fingerprint density at radius 1 is 1.32 bits per heavy atom. The molecule has 0 aliphatic rings. The van der Waals surface area contributed by atoms with Gasteiger partial charge in [0.2, 0.25) is 0 Å². The predicted octanol–water partition coefficient (Wildman–Crippen LogP) is -0.0280. The molecule has 0 radical (unpaired) electrons. The van der Waals surface area contributed by atoms with Gasteiger partial charge in [-0.25, -0.2) is 9.97 Å². The molecule has 1 heterocycles. The van der Waals surface area contributed by atoms with Crippen LogP contribution in [-0.4, -0.2) is 34.9 Å². The molecule has 0 aliphatic heterocycles. The van der Waals surface area contributed by atoms with Gasteiger partial charge in [-0.3, -0.25) is 4.79 Å². The molecule has 0 aromatic carbocycles.